The van der Waals surface area contributed by atoms with Crippen LogP contribution in [0.5, 0.6) is 0 Å². The van der Waals surface area contributed by atoms with Gasteiger partial charge in [-0.05, 0) is 12.1 Å². The number of thioether (sulfide) groups is 1. The van der Waals surface area contributed by atoms with Crippen molar-refractivity contribution < 1.29 is 4.79 Å². The minimum absolute atomic E-state index is 0.207. The van der Waals surface area contributed by atoms with Crippen molar-refractivity contribution in [1.29, 1.82) is 0 Å². The summed E-state index contributed by atoms with van der Waals surface area (Å²) in [6.07, 6.45) is 0. The van der Waals surface area contributed by atoms with Gasteiger partial charge in [0.15, 0.2) is 5.17 Å². The van der Waals surface area contributed by atoms with E-state index in [1.807, 2.05) is 24.3 Å². The zero-order valence-corrected chi connectivity index (χ0v) is 9.72. The summed E-state index contributed by atoms with van der Waals surface area (Å²) in [5, 5.41) is 0.757. The molecule has 2 aromatic rings. The maximum absolute atomic E-state index is 11.5. The molecular weight excluding hydrogens is 242 g/mol. The quantitative estimate of drug-likeness (QED) is 0.838. The highest BCUT2D eigenvalue weighted by atomic mass is 32.2. The van der Waals surface area contributed by atoms with Crippen LogP contribution < -0.4 is 5.73 Å². The summed E-state index contributed by atoms with van der Waals surface area (Å²) in [5.41, 5.74) is 6.43. The Morgan fingerprint density at radius 1 is 1.31 bits per heavy atom. The van der Waals surface area contributed by atoms with Crippen LogP contribution in [-0.4, -0.2) is 16.1 Å². The Morgan fingerprint density at radius 3 is 2.81 bits per heavy atom. The van der Waals surface area contributed by atoms with Gasteiger partial charge >= 0.3 is 0 Å². The fourth-order valence-electron chi connectivity index (χ4n) is 1.52. The van der Waals surface area contributed by atoms with Crippen molar-refractivity contribution in [2.45, 2.75) is 5.25 Å². The van der Waals surface area contributed by atoms with E-state index in [0.717, 1.165) is 15.2 Å². The largest absolute Gasteiger partial charge is 0.378 e. The van der Waals surface area contributed by atoms with Gasteiger partial charge in [0.25, 0.3) is 5.91 Å². The maximum Gasteiger partial charge on any atom is 0.268 e. The first-order valence-corrected chi connectivity index (χ1v) is 6.34. The number of para-hydroxylation sites is 1. The van der Waals surface area contributed by atoms with Gasteiger partial charge in [-0.2, -0.15) is 4.99 Å². The maximum atomic E-state index is 11.5. The lowest BCUT2D eigenvalue weighted by atomic mass is 10.3. The number of aromatic nitrogens is 1. The fraction of sp³-hybridized carbons (Fsp3) is 0.100. The van der Waals surface area contributed by atoms with Crippen LogP contribution in [0.1, 0.15) is 10.3 Å². The van der Waals surface area contributed by atoms with Crippen molar-refractivity contribution in [3.63, 3.8) is 0 Å². The minimum atomic E-state index is -0.350. The molecule has 0 bridgehead atoms. The molecule has 0 aliphatic carbocycles. The molecule has 0 saturated carbocycles. The minimum Gasteiger partial charge on any atom is -0.378 e. The van der Waals surface area contributed by atoms with E-state index >= 15 is 0 Å². The Bertz CT molecular complexity index is 572. The molecule has 4 nitrogen and oxygen atoms in total. The van der Waals surface area contributed by atoms with Gasteiger partial charge in [-0.3, -0.25) is 4.79 Å². The number of amides is 1. The lowest BCUT2D eigenvalue weighted by Gasteiger charge is -1.99. The Morgan fingerprint density at radius 2 is 2.12 bits per heavy atom. The van der Waals surface area contributed by atoms with E-state index in [1.54, 1.807) is 0 Å². The summed E-state index contributed by atoms with van der Waals surface area (Å²) in [6.45, 7) is 0. The average Bonchev–Trinajstić information content (AvgIpc) is 2.81. The smallest absolute Gasteiger partial charge is 0.268 e. The predicted molar refractivity (Wildman–Crippen MR) is 66.6 cm³/mol. The Balaban J connectivity index is 2.04. The number of nitrogens with two attached hydrogens (primary N) is 1. The van der Waals surface area contributed by atoms with Crippen LogP contribution in [0.2, 0.25) is 0 Å². The number of thiazole rings is 1. The van der Waals surface area contributed by atoms with Crippen molar-refractivity contribution in [3.05, 3.63) is 29.3 Å². The molecule has 1 unspecified atom stereocenters. The molecule has 0 radical (unpaired) electrons. The second-order valence-electron chi connectivity index (χ2n) is 3.31. The first-order chi connectivity index (χ1) is 7.74. The van der Waals surface area contributed by atoms with Gasteiger partial charge in [-0.25, -0.2) is 4.98 Å². The number of nitrogens with zero attached hydrogens (tertiary/aromatic N) is 2. The molecule has 80 valence electrons. The molecule has 2 N–H and O–H groups in total. The highest BCUT2D eigenvalue weighted by Crippen LogP contribution is 2.38. The SMILES string of the molecule is NC1=NC(=O)C(c2nc3ccccc3s2)S1. The number of rotatable bonds is 1. The van der Waals surface area contributed by atoms with Gasteiger partial charge in [-0.1, -0.05) is 23.9 Å². The number of carbonyl (C=O) groups is 1. The molecule has 1 aliphatic rings. The van der Waals surface area contributed by atoms with Gasteiger partial charge in [0.1, 0.15) is 10.3 Å². The number of fused-ring (bicyclic) bond motifs is 1. The number of hydrogen-bond donors (Lipinski definition) is 1. The van der Waals surface area contributed by atoms with Crippen molar-refractivity contribution >= 4 is 44.4 Å². The lowest BCUT2D eigenvalue weighted by molar-refractivity contribution is -0.117. The monoisotopic (exact) mass is 249 g/mol. The molecule has 2 heterocycles. The number of benzene rings is 1. The van der Waals surface area contributed by atoms with E-state index in [9.17, 15) is 4.79 Å². The third-order valence-corrected chi connectivity index (χ3v) is 4.46. The van der Waals surface area contributed by atoms with Crippen LogP contribution in [0.4, 0.5) is 0 Å². The summed E-state index contributed by atoms with van der Waals surface area (Å²) in [5.74, 6) is -0.207. The van der Waals surface area contributed by atoms with E-state index in [1.165, 1.54) is 23.1 Å². The first-order valence-electron chi connectivity index (χ1n) is 4.64. The Labute approximate surface area is 99.6 Å². The number of hydrogen-bond acceptors (Lipinski definition) is 5. The zero-order chi connectivity index (χ0) is 11.1. The van der Waals surface area contributed by atoms with Crippen LogP contribution in [0.25, 0.3) is 10.2 Å². The predicted octanol–water partition coefficient (Wildman–Crippen LogP) is 1.93. The second kappa shape index (κ2) is 3.57. The molecule has 1 atom stereocenters. The molecule has 0 fully saturated rings. The van der Waals surface area contributed by atoms with Crippen LogP contribution in [0, 0.1) is 0 Å². The Kier molecular flexibility index (Phi) is 2.19. The molecule has 1 aromatic carbocycles. The van der Waals surface area contributed by atoms with Gasteiger partial charge in [0.2, 0.25) is 0 Å². The van der Waals surface area contributed by atoms with E-state index < -0.39 is 0 Å². The summed E-state index contributed by atoms with van der Waals surface area (Å²) in [7, 11) is 0. The number of amidine groups is 1. The van der Waals surface area contributed by atoms with Gasteiger partial charge in [-0.15, -0.1) is 11.3 Å². The van der Waals surface area contributed by atoms with Crippen LogP contribution in [0.3, 0.4) is 0 Å². The topological polar surface area (TPSA) is 68.3 Å². The van der Waals surface area contributed by atoms with Crippen molar-refractivity contribution in [2.75, 3.05) is 0 Å². The standard InChI is InChI=1S/C10H7N3OS2/c11-10-13-8(14)7(16-10)9-12-5-3-1-2-4-6(5)15-9/h1-4,7H,(H2,11,13,14). The van der Waals surface area contributed by atoms with E-state index in [-0.39, 0.29) is 11.2 Å². The Hall–Kier alpha value is -1.40. The highest BCUT2D eigenvalue weighted by Gasteiger charge is 2.31. The molecule has 6 heteroatoms. The highest BCUT2D eigenvalue weighted by molar-refractivity contribution is 8.15. The molecule has 16 heavy (non-hydrogen) atoms. The first kappa shape index (κ1) is 9.80. The molecule has 1 aliphatic heterocycles. The third-order valence-electron chi connectivity index (χ3n) is 2.22. The van der Waals surface area contributed by atoms with Crippen LogP contribution in [-0.2, 0) is 4.79 Å². The summed E-state index contributed by atoms with van der Waals surface area (Å²) >= 11 is 2.79. The summed E-state index contributed by atoms with van der Waals surface area (Å²) in [6, 6.07) is 7.81. The summed E-state index contributed by atoms with van der Waals surface area (Å²) < 4.78 is 1.08. The second-order valence-corrected chi connectivity index (χ2v) is 5.49. The van der Waals surface area contributed by atoms with Crippen molar-refractivity contribution in [3.8, 4) is 0 Å². The van der Waals surface area contributed by atoms with Gasteiger partial charge in [0, 0.05) is 0 Å². The van der Waals surface area contributed by atoms with E-state index in [4.69, 9.17) is 5.73 Å². The van der Waals surface area contributed by atoms with Crippen molar-refractivity contribution in [2.24, 2.45) is 10.7 Å². The van der Waals surface area contributed by atoms with Crippen molar-refractivity contribution in [1.82, 2.24) is 4.98 Å². The lowest BCUT2D eigenvalue weighted by Crippen LogP contribution is -2.02. The number of carbonyl (C=O) groups excluding carboxylic acids is 1. The fourth-order valence-corrected chi connectivity index (χ4v) is 3.44. The van der Waals surface area contributed by atoms with Crippen LogP contribution >= 0.6 is 23.1 Å². The molecule has 0 spiro atoms. The number of aliphatic imine (C=N–C) groups is 1. The molecule has 0 saturated heterocycles. The van der Waals surface area contributed by atoms with Crippen LogP contribution in [0.15, 0.2) is 29.3 Å². The normalized spacial score (nSPS) is 20.4. The molecular formula is C10H7N3OS2. The molecule has 1 aromatic heterocycles. The average molecular weight is 249 g/mol. The summed E-state index contributed by atoms with van der Waals surface area (Å²) in [4.78, 5) is 19.7. The van der Waals surface area contributed by atoms with Gasteiger partial charge in [0.05, 0.1) is 10.2 Å². The van der Waals surface area contributed by atoms with E-state index in [0.29, 0.717) is 5.17 Å². The zero-order valence-electron chi connectivity index (χ0n) is 8.08. The molecule has 3 rings (SSSR count). The molecule has 1 amide bonds. The van der Waals surface area contributed by atoms with Gasteiger partial charge < -0.3 is 5.73 Å². The van der Waals surface area contributed by atoms with E-state index in [2.05, 4.69) is 9.98 Å². The third kappa shape index (κ3) is 1.50.